The van der Waals surface area contributed by atoms with Crippen molar-refractivity contribution in [3.05, 3.63) is 50.8 Å². The standard InChI is InChI=1S/C19H24O2S/c1-13(12-15-8-10-17(22-15)18(20)21)7-9-16-14(2)6-5-11-19(16,3)4/h7-10,12H,5-6,11H2,1-4H3,(H,20,21)/b9-7+,13-12+. The van der Waals surface area contributed by atoms with E-state index in [2.05, 4.69) is 39.8 Å². The van der Waals surface area contributed by atoms with E-state index in [9.17, 15) is 4.79 Å². The first-order valence-electron chi connectivity index (χ1n) is 7.69. The van der Waals surface area contributed by atoms with E-state index in [-0.39, 0.29) is 5.41 Å². The van der Waals surface area contributed by atoms with Crippen molar-refractivity contribution in [1.82, 2.24) is 0 Å². The van der Waals surface area contributed by atoms with Gasteiger partial charge in [0.15, 0.2) is 0 Å². The summed E-state index contributed by atoms with van der Waals surface area (Å²) < 4.78 is 0. The molecule has 3 heteroatoms. The third-order valence-electron chi connectivity index (χ3n) is 4.26. The first-order chi connectivity index (χ1) is 10.3. The minimum absolute atomic E-state index is 0.249. The molecule has 1 aromatic rings. The number of allylic oxidation sites excluding steroid dienone is 5. The van der Waals surface area contributed by atoms with Crippen LogP contribution in [0.5, 0.6) is 0 Å². The van der Waals surface area contributed by atoms with Gasteiger partial charge >= 0.3 is 5.97 Å². The maximum absolute atomic E-state index is 10.9. The topological polar surface area (TPSA) is 37.3 Å². The molecule has 0 saturated heterocycles. The second-order valence-corrected chi connectivity index (χ2v) is 7.78. The summed E-state index contributed by atoms with van der Waals surface area (Å²) in [4.78, 5) is 12.3. The molecule has 1 aromatic heterocycles. The molecule has 1 aliphatic rings. The molecule has 1 N–H and O–H groups in total. The summed E-state index contributed by atoms with van der Waals surface area (Å²) in [6.07, 6.45) is 10.1. The SMILES string of the molecule is CC1=C(/C=C/C(C)=C/c2ccc(C(=O)O)s2)C(C)(C)CCC1. The molecule has 0 radical (unpaired) electrons. The number of rotatable bonds is 4. The first-order valence-corrected chi connectivity index (χ1v) is 8.51. The van der Waals surface area contributed by atoms with Crippen LogP contribution in [-0.4, -0.2) is 11.1 Å². The van der Waals surface area contributed by atoms with Gasteiger partial charge in [-0.2, -0.15) is 0 Å². The van der Waals surface area contributed by atoms with E-state index in [1.165, 1.54) is 41.7 Å². The van der Waals surface area contributed by atoms with E-state index in [1.54, 1.807) is 6.07 Å². The Morgan fingerprint density at radius 3 is 2.68 bits per heavy atom. The third kappa shape index (κ3) is 3.98. The van der Waals surface area contributed by atoms with Crippen LogP contribution in [-0.2, 0) is 0 Å². The van der Waals surface area contributed by atoms with Crippen LogP contribution in [0.4, 0.5) is 0 Å². The van der Waals surface area contributed by atoms with Crippen LogP contribution in [0.25, 0.3) is 6.08 Å². The Morgan fingerprint density at radius 2 is 2.09 bits per heavy atom. The molecule has 0 fully saturated rings. The van der Waals surface area contributed by atoms with Gasteiger partial charge in [0.2, 0.25) is 0 Å². The van der Waals surface area contributed by atoms with E-state index < -0.39 is 5.97 Å². The quantitative estimate of drug-likeness (QED) is 0.699. The van der Waals surface area contributed by atoms with Crippen molar-refractivity contribution in [2.45, 2.75) is 47.0 Å². The van der Waals surface area contributed by atoms with Crippen LogP contribution in [0, 0.1) is 5.41 Å². The zero-order chi connectivity index (χ0) is 16.3. The molecular weight excluding hydrogens is 292 g/mol. The average molecular weight is 316 g/mol. The molecule has 2 rings (SSSR count). The van der Waals surface area contributed by atoms with Gasteiger partial charge in [-0.15, -0.1) is 11.3 Å². The van der Waals surface area contributed by atoms with Gasteiger partial charge in [-0.1, -0.05) is 31.6 Å². The van der Waals surface area contributed by atoms with Gasteiger partial charge in [-0.25, -0.2) is 4.79 Å². The fourth-order valence-corrected chi connectivity index (χ4v) is 3.90. The van der Waals surface area contributed by atoms with Crippen molar-refractivity contribution in [2.24, 2.45) is 5.41 Å². The Kier molecular flexibility index (Phi) is 5.07. The predicted octanol–water partition coefficient (Wildman–Crippen LogP) is 5.93. The summed E-state index contributed by atoms with van der Waals surface area (Å²) in [5.74, 6) is -0.859. The maximum Gasteiger partial charge on any atom is 0.345 e. The highest BCUT2D eigenvalue weighted by Gasteiger charge is 2.26. The number of aromatic carboxylic acids is 1. The van der Waals surface area contributed by atoms with Crippen molar-refractivity contribution in [2.75, 3.05) is 0 Å². The first kappa shape index (κ1) is 16.8. The number of hydrogen-bond acceptors (Lipinski definition) is 2. The van der Waals surface area contributed by atoms with Crippen LogP contribution in [0.3, 0.4) is 0 Å². The van der Waals surface area contributed by atoms with Crippen LogP contribution in [0.2, 0.25) is 0 Å². The largest absolute Gasteiger partial charge is 0.477 e. The number of carboxylic acid groups (broad SMARTS) is 1. The monoisotopic (exact) mass is 316 g/mol. The van der Waals surface area contributed by atoms with E-state index in [4.69, 9.17) is 5.11 Å². The lowest BCUT2D eigenvalue weighted by Gasteiger charge is -2.32. The highest BCUT2D eigenvalue weighted by molar-refractivity contribution is 7.14. The Bertz CT molecular complexity index is 657. The van der Waals surface area contributed by atoms with Gasteiger partial charge in [0.05, 0.1) is 0 Å². The van der Waals surface area contributed by atoms with Crippen molar-refractivity contribution >= 4 is 23.4 Å². The second kappa shape index (κ2) is 6.66. The third-order valence-corrected chi connectivity index (χ3v) is 5.28. The average Bonchev–Trinajstić information content (AvgIpc) is 2.86. The fourth-order valence-electron chi connectivity index (χ4n) is 3.04. The van der Waals surface area contributed by atoms with E-state index in [1.807, 2.05) is 12.1 Å². The molecule has 0 aliphatic heterocycles. The summed E-state index contributed by atoms with van der Waals surface area (Å²) >= 11 is 1.31. The minimum atomic E-state index is -0.859. The molecule has 0 saturated carbocycles. The van der Waals surface area contributed by atoms with Crippen molar-refractivity contribution in [1.29, 1.82) is 0 Å². The summed E-state index contributed by atoms with van der Waals surface area (Å²) in [6, 6.07) is 3.52. The number of carbonyl (C=O) groups is 1. The van der Waals surface area contributed by atoms with Crippen LogP contribution in [0.15, 0.2) is 41.0 Å². The second-order valence-electron chi connectivity index (χ2n) is 6.66. The Balaban J connectivity index is 2.18. The molecule has 1 aliphatic carbocycles. The van der Waals surface area contributed by atoms with Gasteiger partial charge in [0.25, 0.3) is 0 Å². The Hall–Kier alpha value is -1.61. The highest BCUT2D eigenvalue weighted by atomic mass is 32.1. The zero-order valence-corrected chi connectivity index (χ0v) is 14.6. The molecule has 22 heavy (non-hydrogen) atoms. The summed E-state index contributed by atoms with van der Waals surface area (Å²) in [6.45, 7) is 8.92. The molecule has 0 unspecified atom stereocenters. The van der Waals surface area contributed by atoms with Crippen LogP contribution >= 0.6 is 11.3 Å². The van der Waals surface area contributed by atoms with Gasteiger partial charge in [0, 0.05) is 4.88 Å². The fraction of sp³-hybridized carbons (Fsp3) is 0.421. The Labute approximate surface area is 136 Å². The van der Waals surface area contributed by atoms with Gasteiger partial charge in [0.1, 0.15) is 4.88 Å². The lowest BCUT2D eigenvalue weighted by atomic mass is 9.72. The molecule has 0 aromatic carbocycles. The summed E-state index contributed by atoms with van der Waals surface area (Å²) in [7, 11) is 0. The summed E-state index contributed by atoms with van der Waals surface area (Å²) in [5.41, 5.74) is 4.33. The molecule has 2 nitrogen and oxygen atoms in total. The molecule has 1 heterocycles. The van der Waals surface area contributed by atoms with Crippen LogP contribution in [0.1, 0.15) is 61.5 Å². The van der Waals surface area contributed by atoms with Gasteiger partial charge < -0.3 is 5.11 Å². The maximum atomic E-state index is 10.9. The normalized spacial score (nSPS) is 19.0. The predicted molar refractivity (Wildman–Crippen MR) is 94.4 cm³/mol. The van der Waals surface area contributed by atoms with Gasteiger partial charge in [-0.3, -0.25) is 0 Å². The van der Waals surface area contributed by atoms with Crippen molar-refractivity contribution in [3.8, 4) is 0 Å². The number of carboxylic acids is 1. The van der Waals surface area contributed by atoms with E-state index in [0.717, 1.165) is 10.5 Å². The Morgan fingerprint density at radius 1 is 1.36 bits per heavy atom. The van der Waals surface area contributed by atoms with E-state index >= 15 is 0 Å². The minimum Gasteiger partial charge on any atom is -0.477 e. The molecular formula is C19H24O2S. The molecule has 0 amide bonds. The highest BCUT2D eigenvalue weighted by Crippen LogP contribution is 2.40. The molecule has 0 bridgehead atoms. The number of hydrogen-bond donors (Lipinski definition) is 1. The molecule has 0 spiro atoms. The molecule has 118 valence electrons. The number of thiophene rings is 1. The summed E-state index contributed by atoms with van der Waals surface area (Å²) in [5, 5.41) is 8.96. The van der Waals surface area contributed by atoms with Gasteiger partial charge in [-0.05, 0) is 67.9 Å². The smallest absolute Gasteiger partial charge is 0.345 e. The van der Waals surface area contributed by atoms with Crippen molar-refractivity contribution in [3.63, 3.8) is 0 Å². The van der Waals surface area contributed by atoms with E-state index in [0.29, 0.717) is 4.88 Å². The lowest BCUT2D eigenvalue weighted by molar-refractivity contribution is 0.0702. The van der Waals surface area contributed by atoms with Crippen molar-refractivity contribution < 1.29 is 9.90 Å². The van der Waals surface area contributed by atoms with Crippen LogP contribution < -0.4 is 0 Å². The zero-order valence-electron chi connectivity index (χ0n) is 13.8. The lowest BCUT2D eigenvalue weighted by Crippen LogP contribution is -2.19. The molecule has 0 atom stereocenters.